The van der Waals surface area contributed by atoms with Crippen LogP contribution in [0.25, 0.3) is 0 Å². The van der Waals surface area contributed by atoms with Crippen LogP contribution >= 0.6 is 15.9 Å². The number of hydrogen-bond donors (Lipinski definition) is 1. The Kier molecular flexibility index (Phi) is 6.37. The van der Waals surface area contributed by atoms with Crippen LogP contribution in [0, 0.1) is 26.7 Å². The quantitative estimate of drug-likeness (QED) is 0.689. The van der Waals surface area contributed by atoms with Crippen LogP contribution in [-0.2, 0) is 19.1 Å². The molecular weight excluding hydrogens is 436 g/mol. The van der Waals surface area contributed by atoms with Gasteiger partial charge in [0, 0.05) is 28.8 Å². The molecule has 0 unspecified atom stereocenters. The summed E-state index contributed by atoms with van der Waals surface area (Å²) in [4.78, 5) is 38.4. The normalized spacial score (nSPS) is 16.1. The number of anilines is 2. The predicted octanol–water partition coefficient (Wildman–Crippen LogP) is 3.91. The zero-order valence-electron chi connectivity index (χ0n) is 16.6. The Hall–Kier alpha value is -2.67. The van der Waals surface area contributed by atoms with Crippen molar-refractivity contribution >= 4 is 45.1 Å². The summed E-state index contributed by atoms with van der Waals surface area (Å²) >= 11 is 3.48. The molecule has 0 spiro atoms. The summed E-state index contributed by atoms with van der Waals surface area (Å²) in [6.45, 7) is 5.69. The van der Waals surface area contributed by atoms with Crippen molar-refractivity contribution in [3.8, 4) is 0 Å². The zero-order chi connectivity index (χ0) is 21.1. The standard InChI is InChI=1S/C22H23BrN2O4/c1-13-5-4-6-18(7-13)25-11-16(10-20(25)27)22(28)29-12-19(26)24-17-8-14(2)21(23)15(3)9-17/h4-9,16H,10-12H2,1-3H3,(H,24,26)/t16-/m1/s1. The highest BCUT2D eigenvalue weighted by atomic mass is 79.9. The van der Waals surface area contributed by atoms with Gasteiger partial charge in [0.1, 0.15) is 0 Å². The monoisotopic (exact) mass is 458 g/mol. The average molecular weight is 459 g/mol. The molecule has 7 heteroatoms. The van der Waals surface area contributed by atoms with Gasteiger partial charge >= 0.3 is 5.97 Å². The van der Waals surface area contributed by atoms with E-state index in [4.69, 9.17) is 4.74 Å². The molecule has 1 saturated heterocycles. The lowest BCUT2D eigenvalue weighted by Gasteiger charge is -2.17. The Balaban J connectivity index is 1.54. The number of hydrogen-bond acceptors (Lipinski definition) is 4. The van der Waals surface area contributed by atoms with Gasteiger partial charge in [0.05, 0.1) is 5.92 Å². The molecule has 1 heterocycles. The largest absolute Gasteiger partial charge is 0.455 e. The first kappa shape index (κ1) is 21.0. The van der Waals surface area contributed by atoms with Gasteiger partial charge in [-0.05, 0) is 61.7 Å². The maximum absolute atomic E-state index is 12.4. The molecule has 6 nitrogen and oxygen atoms in total. The Morgan fingerprint density at radius 3 is 2.52 bits per heavy atom. The Morgan fingerprint density at radius 1 is 1.17 bits per heavy atom. The van der Waals surface area contributed by atoms with E-state index in [1.807, 2.05) is 57.2 Å². The molecule has 1 atom stereocenters. The summed E-state index contributed by atoms with van der Waals surface area (Å²) in [6, 6.07) is 11.2. The molecule has 2 aromatic rings. The minimum Gasteiger partial charge on any atom is -0.455 e. The van der Waals surface area contributed by atoms with Crippen molar-refractivity contribution in [2.24, 2.45) is 5.92 Å². The first-order valence-electron chi connectivity index (χ1n) is 9.35. The number of ether oxygens (including phenoxy) is 1. The fraction of sp³-hybridized carbons (Fsp3) is 0.318. The van der Waals surface area contributed by atoms with Crippen molar-refractivity contribution < 1.29 is 19.1 Å². The molecule has 0 radical (unpaired) electrons. The number of esters is 1. The molecule has 0 aliphatic carbocycles. The molecular formula is C22H23BrN2O4. The van der Waals surface area contributed by atoms with E-state index in [1.165, 1.54) is 0 Å². The minimum atomic E-state index is -0.576. The maximum atomic E-state index is 12.4. The van der Waals surface area contributed by atoms with E-state index in [0.717, 1.165) is 26.9 Å². The molecule has 1 aliphatic heterocycles. The third-order valence-electron chi connectivity index (χ3n) is 4.84. The van der Waals surface area contributed by atoms with Crippen molar-refractivity contribution in [3.05, 3.63) is 57.6 Å². The first-order valence-corrected chi connectivity index (χ1v) is 10.1. The van der Waals surface area contributed by atoms with Crippen LogP contribution in [0.5, 0.6) is 0 Å². The first-order chi connectivity index (χ1) is 13.7. The van der Waals surface area contributed by atoms with Gasteiger partial charge in [-0.3, -0.25) is 14.4 Å². The van der Waals surface area contributed by atoms with Crippen molar-refractivity contribution in [3.63, 3.8) is 0 Å². The van der Waals surface area contributed by atoms with Crippen LogP contribution in [0.1, 0.15) is 23.1 Å². The second-order valence-electron chi connectivity index (χ2n) is 7.32. The predicted molar refractivity (Wildman–Crippen MR) is 115 cm³/mol. The van der Waals surface area contributed by atoms with E-state index in [0.29, 0.717) is 5.69 Å². The van der Waals surface area contributed by atoms with Crippen molar-refractivity contribution in [2.75, 3.05) is 23.4 Å². The lowest BCUT2D eigenvalue weighted by atomic mass is 10.1. The van der Waals surface area contributed by atoms with Crippen molar-refractivity contribution in [1.82, 2.24) is 0 Å². The zero-order valence-corrected chi connectivity index (χ0v) is 18.2. The number of carbonyl (C=O) groups excluding carboxylic acids is 3. The van der Waals surface area contributed by atoms with Gasteiger partial charge in [-0.1, -0.05) is 28.1 Å². The topological polar surface area (TPSA) is 75.7 Å². The number of nitrogens with one attached hydrogen (secondary N) is 1. The van der Waals surface area contributed by atoms with Crippen LogP contribution in [0.15, 0.2) is 40.9 Å². The van der Waals surface area contributed by atoms with Gasteiger partial charge in [0.2, 0.25) is 5.91 Å². The molecule has 2 aromatic carbocycles. The molecule has 152 valence electrons. The van der Waals surface area contributed by atoms with E-state index in [2.05, 4.69) is 21.2 Å². The van der Waals surface area contributed by atoms with E-state index in [1.54, 1.807) is 4.90 Å². The fourth-order valence-electron chi connectivity index (χ4n) is 3.38. The van der Waals surface area contributed by atoms with Crippen molar-refractivity contribution in [1.29, 1.82) is 0 Å². The molecule has 1 fully saturated rings. The molecule has 0 bridgehead atoms. The summed E-state index contributed by atoms with van der Waals surface area (Å²) in [5, 5.41) is 2.73. The molecule has 1 N–H and O–H groups in total. The number of carbonyl (C=O) groups is 3. The van der Waals surface area contributed by atoms with E-state index >= 15 is 0 Å². The second-order valence-corrected chi connectivity index (χ2v) is 8.12. The Labute approximate surface area is 178 Å². The Morgan fingerprint density at radius 2 is 1.86 bits per heavy atom. The van der Waals surface area contributed by atoms with Gasteiger partial charge in [-0.2, -0.15) is 0 Å². The number of halogens is 1. The summed E-state index contributed by atoms with van der Waals surface area (Å²) in [6.07, 6.45) is 0.0828. The number of rotatable bonds is 5. The van der Waals surface area contributed by atoms with Gasteiger partial charge in [0.15, 0.2) is 6.61 Å². The highest BCUT2D eigenvalue weighted by molar-refractivity contribution is 9.10. The summed E-state index contributed by atoms with van der Waals surface area (Å²) in [5.41, 5.74) is 4.45. The summed E-state index contributed by atoms with van der Waals surface area (Å²) < 4.78 is 6.15. The molecule has 3 rings (SSSR count). The van der Waals surface area contributed by atoms with Gasteiger partial charge in [0.25, 0.3) is 5.91 Å². The van der Waals surface area contributed by atoms with E-state index in [9.17, 15) is 14.4 Å². The maximum Gasteiger partial charge on any atom is 0.311 e. The average Bonchev–Trinajstić information content (AvgIpc) is 3.06. The number of nitrogens with zero attached hydrogens (tertiary/aromatic N) is 1. The smallest absolute Gasteiger partial charge is 0.311 e. The van der Waals surface area contributed by atoms with Crippen LogP contribution < -0.4 is 10.2 Å². The summed E-state index contributed by atoms with van der Waals surface area (Å²) in [7, 11) is 0. The molecule has 29 heavy (non-hydrogen) atoms. The van der Waals surface area contributed by atoms with Gasteiger partial charge < -0.3 is 15.0 Å². The third kappa shape index (κ3) is 5.03. The van der Waals surface area contributed by atoms with Crippen LogP contribution in [0.3, 0.4) is 0 Å². The molecule has 1 aliphatic rings. The number of benzene rings is 2. The lowest BCUT2D eigenvalue weighted by Crippen LogP contribution is -2.28. The van der Waals surface area contributed by atoms with Crippen LogP contribution in [0.2, 0.25) is 0 Å². The fourth-order valence-corrected chi connectivity index (χ4v) is 3.61. The minimum absolute atomic E-state index is 0.0828. The third-order valence-corrected chi connectivity index (χ3v) is 6.09. The van der Waals surface area contributed by atoms with E-state index < -0.39 is 17.8 Å². The SMILES string of the molecule is Cc1cccc(N2C[C@H](C(=O)OCC(=O)Nc3cc(C)c(Br)c(C)c3)CC2=O)c1. The Bertz CT molecular complexity index is 950. The van der Waals surface area contributed by atoms with Gasteiger partial charge in [-0.25, -0.2) is 0 Å². The number of aryl methyl sites for hydroxylation is 3. The molecule has 0 saturated carbocycles. The van der Waals surface area contributed by atoms with Gasteiger partial charge in [-0.15, -0.1) is 0 Å². The van der Waals surface area contributed by atoms with E-state index in [-0.39, 0.29) is 25.5 Å². The molecule has 0 aromatic heterocycles. The van der Waals surface area contributed by atoms with Crippen molar-refractivity contribution in [2.45, 2.75) is 27.2 Å². The molecule has 2 amide bonds. The highest BCUT2D eigenvalue weighted by Gasteiger charge is 2.36. The summed E-state index contributed by atoms with van der Waals surface area (Å²) in [5.74, 6) is -1.65. The van der Waals surface area contributed by atoms with Crippen LogP contribution in [-0.4, -0.2) is 30.9 Å². The lowest BCUT2D eigenvalue weighted by molar-refractivity contribution is -0.151. The number of amides is 2. The second kappa shape index (κ2) is 8.78. The van der Waals surface area contributed by atoms with Crippen LogP contribution in [0.4, 0.5) is 11.4 Å². The highest BCUT2D eigenvalue weighted by Crippen LogP contribution is 2.27.